The highest BCUT2D eigenvalue weighted by Gasteiger charge is 2.21. The smallest absolute Gasteiger partial charge is 0.224 e. The van der Waals surface area contributed by atoms with E-state index in [-0.39, 0.29) is 24.4 Å². The van der Waals surface area contributed by atoms with Gasteiger partial charge >= 0.3 is 0 Å². The third-order valence-electron chi connectivity index (χ3n) is 3.78. The Morgan fingerprint density at radius 1 is 1.30 bits per heavy atom. The average Bonchev–Trinajstić information content (AvgIpc) is 2.37. The lowest BCUT2D eigenvalue weighted by atomic mass is 10.1. The molecule has 0 spiro atoms. The summed E-state index contributed by atoms with van der Waals surface area (Å²) in [5.41, 5.74) is 0. The van der Waals surface area contributed by atoms with Gasteiger partial charge in [-0.1, -0.05) is 13.8 Å². The SMILES string of the molecule is CNC1CCN(C(=O)CCOC(C)CC(C)C)CC1.Cl. The molecule has 1 aliphatic rings. The van der Waals surface area contributed by atoms with Crippen LogP contribution in [0, 0.1) is 5.92 Å². The molecule has 0 aromatic carbocycles. The first kappa shape index (κ1) is 19.7. The summed E-state index contributed by atoms with van der Waals surface area (Å²) in [4.78, 5) is 14.0. The van der Waals surface area contributed by atoms with E-state index in [2.05, 4.69) is 26.1 Å². The lowest BCUT2D eigenvalue weighted by molar-refractivity contribution is -0.133. The fraction of sp³-hybridized carbons (Fsp3) is 0.933. The minimum atomic E-state index is 0. The highest BCUT2D eigenvalue weighted by Crippen LogP contribution is 2.12. The Balaban J connectivity index is 0.00000361. The molecule has 1 atom stereocenters. The monoisotopic (exact) mass is 306 g/mol. The Labute approximate surface area is 130 Å². The van der Waals surface area contributed by atoms with Crippen molar-refractivity contribution >= 4 is 18.3 Å². The van der Waals surface area contributed by atoms with Gasteiger partial charge in [-0.2, -0.15) is 0 Å². The van der Waals surface area contributed by atoms with Gasteiger partial charge in [-0.15, -0.1) is 12.4 Å². The average molecular weight is 307 g/mol. The van der Waals surface area contributed by atoms with Crippen molar-refractivity contribution in [2.24, 2.45) is 5.92 Å². The van der Waals surface area contributed by atoms with Gasteiger partial charge in [0.25, 0.3) is 0 Å². The lowest BCUT2D eigenvalue weighted by Crippen LogP contribution is -2.44. The van der Waals surface area contributed by atoms with Gasteiger partial charge < -0.3 is 15.0 Å². The topological polar surface area (TPSA) is 41.6 Å². The number of nitrogens with zero attached hydrogens (tertiary/aromatic N) is 1. The van der Waals surface area contributed by atoms with Crippen molar-refractivity contribution in [1.82, 2.24) is 10.2 Å². The van der Waals surface area contributed by atoms with Crippen molar-refractivity contribution in [3.8, 4) is 0 Å². The third-order valence-corrected chi connectivity index (χ3v) is 3.78. The molecular formula is C15H31ClN2O2. The van der Waals surface area contributed by atoms with E-state index in [0.29, 0.717) is 25.0 Å². The Hall–Kier alpha value is -0.320. The highest BCUT2D eigenvalue weighted by atomic mass is 35.5. The van der Waals surface area contributed by atoms with Crippen molar-refractivity contribution in [2.75, 3.05) is 26.7 Å². The summed E-state index contributed by atoms with van der Waals surface area (Å²) in [7, 11) is 1.99. The quantitative estimate of drug-likeness (QED) is 0.785. The maximum Gasteiger partial charge on any atom is 0.224 e. The van der Waals surface area contributed by atoms with Crippen LogP contribution >= 0.6 is 12.4 Å². The molecule has 1 rings (SSSR count). The van der Waals surface area contributed by atoms with Gasteiger partial charge in [-0.25, -0.2) is 0 Å². The number of carbonyl (C=O) groups is 1. The van der Waals surface area contributed by atoms with E-state index in [0.717, 1.165) is 32.4 Å². The van der Waals surface area contributed by atoms with Crippen LogP contribution in [0.5, 0.6) is 0 Å². The number of nitrogens with one attached hydrogen (secondary N) is 1. The number of carbonyl (C=O) groups excluding carboxylic acids is 1. The largest absolute Gasteiger partial charge is 0.378 e. The van der Waals surface area contributed by atoms with Crippen molar-refractivity contribution in [1.29, 1.82) is 0 Å². The minimum absolute atomic E-state index is 0. The van der Waals surface area contributed by atoms with Gasteiger partial charge in [0.2, 0.25) is 5.91 Å². The molecule has 1 aliphatic heterocycles. The molecule has 0 aromatic rings. The van der Waals surface area contributed by atoms with Gasteiger partial charge in [0.05, 0.1) is 19.1 Å². The summed E-state index contributed by atoms with van der Waals surface area (Å²) in [6.07, 6.45) is 3.96. The molecule has 1 fully saturated rings. The second kappa shape index (κ2) is 10.4. The van der Waals surface area contributed by atoms with Gasteiger partial charge in [0.1, 0.15) is 0 Å². The van der Waals surface area contributed by atoms with E-state index in [1.54, 1.807) is 0 Å². The van der Waals surface area contributed by atoms with E-state index >= 15 is 0 Å². The predicted octanol–water partition coefficient (Wildman–Crippen LogP) is 2.46. The molecule has 0 radical (unpaired) electrons. The van der Waals surface area contributed by atoms with Gasteiger partial charge in [-0.05, 0) is 39.2 Å². The molecule has 5 heteroatoms. The predicted molar refractivity (Wildman–Crippen MR) is 85.4 cm³/mol. The standard InChI is InChI=1S/C15H30N2O2.ClH/c1-12(2)11-13(3)19-10-7-15(18)17-8-5-14(16-4)6-9-17;/h12-14,16H,5-11H2,1-4H3;1H. The Morgan fingerprint density at radius 3 is 2.40 bits per heavy atom. The first-order valence-corrected chi connectivity index (χ1v) is 7.59. The highest BCUT2D eigenvalue weighted by molar-refractivity contribution is 5.85. The van der Waals surface area contributed by atoms with Crippen LogP contribution in [0.2, 0.25) is 0 Å². The summed E-state index contributed by atoms with van der Waals surface area (Å²) in [6.45, 7) is 8.78. The van der Waals surface area contributed by atoms with Crippen LogP contribution in [-0.2, 0) is 9.53 Å². The Bertz CT molecular complexity index is 267. The molecule has 0 aliphatic carbocycles. The fourth-order valence-electron chi connectivity index (χ4n) is 2.65. The number of piperidine rings is 1. The molecule has 0 aromatic heterocycles. The number of amides is 1. The second-order valence-corrected chi connectivity index (χ2v) is 6.00. The van der Waals surface area contributed by atoms with E-state index in [9.17, 15) is 4.79 Å². The molecule has 4 nitrogen and oxygen atoms in total. The van der Waals surface area contributed by atoms with Crippen LogP contribution in [-0.4, -0.2) is 49.7 Å². The van der Waals surface area contributed by atoms with Crippen LogP contribution in [0.1, 0.15) is 46.5 Å². The van der Waals surface area contributed by atoms with Crippen molar-refractivity contribution in [2.45, 2.75) is 58.6 Å². The number of hydrogen-bond donors (Lipinski definition) is 1. The Morgan fingerprint density at radius 2 is 1.90 bits per heavy atom. The van der Waals surface area contributed by atoms with Gasteiger partial charge in [0.15, 0.2) is 0 Å². The number of rotatable bonds is 7. The molecule has 1 saturated heterocycles. The Kier molecular flexibility index (Phi) is 10.2. The second-order valence-electron chi connectivity index (χ2n) is 6.00. The molecule has 1 unspecified atom stereocenters. The third kappa shape index (κ3) is 7.46. The number of hydrogen-bond acceptors (Lipinski definition) is 3. The molecule has 1 heterocycles. The van der Waals surface area contributed by atoms with E-state index in [1.807, 2.05) is 11.9 Å². The zero-order chi connectivity index (χ0) is 14.3. The van der Waals surface area contributed by atoms with E-state index < -0.39 is 0 Å². The molecule has 1 amide bonds. The van der Waals surface area contributed by atoms with Gasteiger partial charge in [0, 0.05) is 19.1 Å². The van der Waals surface area contributed by atoms with Crippen LogP contribution in [0.15, 0.2) is 0 Å². The number of likely N-dealkylation sites (tertiary alicyclic amines) is 1. The van der Waals surface area contributed by atoms with Crippen LogP contribution < -0.4 is 5.32 Å². The van der Waals surface area contributed by atoms with Crippen LogP contribution in [0.25, 0.3) is 0 Å². The zero-order valence-electron chi connectivity index (χ0n) is 13.4. The van der Waals surface area contributed by atoms with Crippen molar-refractivity contribution in [3.05, 3.63) is 0 Å². The minimum Gasteiger partial charge on any atom is -0.378 e. The first-order valence-electron chi connectivity index (χ1n) is 7.59. The number of ether oxygens (including phenoxy) is 1. The van der Waals surface area contributed by atoms with Crippen molar-refractivity contribution < 1.29 is 9.53 Å². The van der Waals surface area contributed by atoms with E-state index in [4.69, 9.17) is 4.74 Å². The van der Waals surface area contributed by atoms with Crippen LogP contribution in [0.3, 0.4) is 0 Å². The molecular weight excluding hydrogens is 276 g/mol. The van der Waals surface area contributed by atoms with E-state index in [1.165, 1.54) is 0 Å². The summed E-state index contributed by atoms with van der Waals surface area (Å²) in [5, 5.41) is 3.28. The van der Waals surface area contributed by atoms with Crippen LogP contribution in [0.4, 0.5) is 0 Å². The van der Waals surface area contributed by atoms with Gasteiger partial charge in [-0.3, -0.25) is 4.79 Å². The molecule has 0 saturated carbocycles. The molecule has 20 heavy (non-hydrogen) atoms. The summed E-state index contributed by atoms with van der Waals surface area (Å²) < 4.78 is 5.70. The van der Waals surface area contributed by atoms with Crippen molar-refractivity contribution in [3.63, 3.8) is 0 Å². The summed E-state index contributed by atoms with van der Waals surface area (Å²) in [6, 6.07) is 0.575. The molecule has 120 valence electrons. The summed E-state index contributed by atoms with van der Waals surface area (Å²) in [5.74, 6) is 0.887. The first-order chi connectivity index (χ1) is 9.02. The zero-order valence-corrected chi connectivity index (χ0v) is 14.2. The summed E-state index contributed by atoms with van der Waals surface area (Å²) >= 11 is 0. The number of halogens is 1. The maximum atomic E-state index is 12.0. The normalized spacial score (nSPS) is 17.9. The maximum absolute atomic E-state index is 12.0. The molecule has 0 bridgehead atoms. The fourth-order valence-corrected chi connectivity index (χ4v) is 2.65. The lowest BCUT2D eigenvalue weighted by Gasteiger charge is -2.32. The molecule has 1 N–H and O–H groups in total.